The Labute approximate surface area is 94.0 Å². The van der Waals surface area contributed by atoms with Crippen LogP contribution in [0.3, 0.4) is 0 Å². The molecule has 2 amide bonds. The molecule has 0 aliphatic heterocycles. The van der Waals surface area contributed by atoms with Gasteiger partial charge in [0.25, 0.3) is 5.91 Å². The number of carbonyl (C=O) groups excluding carboxylic acids is 2. The number of hydrogen-bond acceptors (Lipinski definition) is 3. The molecule has 5 nitrogen and oxygen atoms in total. The second kappa shape index (κ2) is 4.65. The number of primary amides is 1. The second-order valence-electron chi connectivity index (χ2n) is 3.65. The van der Waals surface area contributed by atoms with Crippen LogP contribution in [-0.4, -0.2) is 30.3 Å². The van der Waals surface area contributed by atoms with Gasteiger partial charge in [-0.15, -0.1) is 0 Å². The van der Waals surface area contributed by atoms with Crippen LogP contribution in [0, 0.1) is 6.92 Å². The molecule has 4 N–H and O–H groups in total. The summed E-state index contributed by atoms with van der Waals surface area (Å²) in [7, 11) is 1.52. The summed E-state index contributed by atoms with van der Waals surface area (Å²) < 4.78 is 0. The van der Waals surface area contributed by atoms with Crippen LogP contribution in [0.5, 0.6) is 0 Å². The summed E-state index contributed by atoms with van der Waals surface area (Å²) in [6.45, 7) is 1.66. The number of benzene rings is 1. The van der Waals surface area contributed by atoms with Gasteiger partial charge in [0.15, 0.2) is 0 Å². The molecule has 0 saturated carbocycles. The van der Waals surface area contributed by atoms with E-state index in [1.54, 1.807) is 25.1 Å². The average Bonchev–Trinajstić information content (AvgIpc) is 2.20. The molecule has 0 aliphatic carbocycles. The smallest absolute Gasteiger partial charge is 0.254 e. The maximum Gasteiger partial charge on any atom is 0.254 e. The predicted molar refractivity (Wildman–Crippen MR) is 61.7 cm³/mol. The maximum absolute atomic E-state index is 11.9. The van der Waals surface area contributed by atoms with E-state index in [0.29, 0.717) is 16.8 Å². The molecule has 1 rings (SSSR count). The van der Waals surface area contributed by atoms with Crippen molar-refractivity contribution in [3.8, 4) is 0 Å². The first-order valence-corrected chi connectivity index (χ1v) is 4.82. The topological polar surface area (TPSA) is 89.4 Å². The number of carbonyl (C=O) groups is 2. The Hall–Kier alpha value is -2.04. The van der Waals surface area contributed by atoms with E-state index in [0.717, 1.165) is 0 Å². The highest BCUT2D eigenvalue weighted by Gasteiger charge is 2.16. The van der Waals surface area contributed by atoms with Crippen LogP contribution < -0.4 is 11.5 Å². The molecule has 0 heterocycles. The van der Waals surface area contributed by atoms with Crippen molar-refractivity contribution >= 4 is 17.5 Å². The Kier molecular flexibility index (Phi) is 3.50. The number of rotatable bonds is 3. The third-order valence-electron chi connectivity index (χ3n) is 2.35. The summed E-state index contributed by atoms with van der Waals surface area (Å²) >= 11 is 0. The summed E-state index contributed by atoms with van der Waals surface area (Å²) in [6.07, 6.45) is 0. The van der Waals surface area contributed by atoms with Crippen LogP contribution >= 0.6 is 0 Å². The van der Waals surface area contributed by atoms with Crippen molar-refractivity contribution in [2.75, 3.05) is 19.3 Å². The summed E-state index contributed by atoms with van der Waals surface area (Å²) in [5.41, 5.74) is 12.5. The number of nitrogens with zero attached hydrogens (tertiary/aromatic N) is 1. The summed E-state index contributed by atoms with van der Waals surface area (Å²) in [5, 5.41) is 0. The first-order valence-electron chi connectivity index (χ1n) is 4.82. The van der Waals surface area contributed by atoms with Crippen LogP contribution in [-0.2, 0) is 4.79 Å². The van der Waals surface area contributed by atoms with Gasteiger partial charge in [0.1, 0.15) is 0 Å². The van der Waals surface area contributed by atoms with Crippen LogP contribution in [0.4, 0.5) is 5.69 Å². The molecular formula is C11H15N3O2. The number of likely N-dealkylation sites (N-methyl/N-ethyl adjacent to an activating group) is 1. The largest absolute Gasteiger partial charge is 0.398 e. The van der Waals surface area contributed by atoms with Crippen LogP contribution in [0.2, 0.25) is 0 Å². The highest BCUT2D eigenvalue weighted by atomic mass is 16.2. The Morgan fingerprint density at radius 3 is 2.56 bits per heavy atom. The molecule has 0 bridgehead atoms. The van der Waals surface area contributed by atoms with Gasteiger partial charge in [-0.3, -0.25) is 9.59 Å². The molecule has 5 heteroatoms. The third-order valence-corrected chi connectivity index (χ3v) is 2.35. The second-order valence-corrected chi connectivity index (χ2v) is 3.65. The maximum atomic E-state index is 11.9. The van der Waals surface area contributed by atoms with Crippen molar-refractivity contribution in [2.24, 2.45) is 5.73 Å². The van der Waals surface area contributed by atoms with Gasteiger partial charge < -0.3 is 16.4 Å². The lowest BCUT2D eigenvalue weighted by molar-refractivity contribution is -0.118. The zero-order valence-electron chi connectivity index (χ0n) is 9.36. The van der Waals surface area contributed by atoms with Crippen molar-refractivity contribution < 1.29 is 9.59 Å². The normalized spacial score (nSPS) is 9.88. The van der Waals surface area contributed by atoms with E-state index in [1.165, 1.54) is 11.9 Å². The Morgan fingerprint density at radius 2 is 2.00 bits per heavy atom. The fourth-order valence-corrected chi connectivity index (χ4v) is 1.40. The quantitative estimate of drug-likeness (QED) is 0.711. The molecule has 0 atom stereocenters. The highest BCUT2D eigenvalue weighted by Crippen LogP contribution is 2.16. The average molecular weight is 221 g/mol. The summed E-state index contributed by atoms with van der Waals surface area (Å²) in [6, 6.07) is 5.10. The predicted octanol–water partition coefficient (Wildman–Crippen LogP) is 0.135. The van der Waals surface area contributed by atoms with Crippen molar-refractivity contribution in [3.05, 3.63) is 29.3 Å². The molecule has 1 aromatic rings. The van der Waals surface area contributed by atoms with Crippen LogP contribution in [0.15, 0.2) is 18.2 Å². The lowest BCUT2D eigenvalue weighted by Crippen LogP contribution is -2.35. The number of hydrogen-bond donors (Lipinski definition) is 2. The Balaban J connectivity index is 2.96. The van der Waals surface area contributed by atoms with E-state index < -0.39 is 5.91 Å². The van der Waals surface area contributed by atoms with E-state index >= 15 is 0 Å². The summed E-state index contributed by atoms with van der Waals surface area (Å²) in [5.74, 6) is -0.805. The van der Waals surface area contributed by atoms with Crippen molar-refractivity contribution in [1.82, 2.24) is 4.90 Å². The van der Waals surface area contributed by atoms with Gasteiger partial charge in [-0.05, 0) is 24.6 Å². The molecular weight excluding hydrogens is 206 g/mol. The minimum Gasteiger partial charge on any atom is -0.398 e. The van der Waals surface area contributed by atoms with E-state index in [-0.39, 0.29) is 12.5 Å². The minimum atomic E-state index is -0.544. The Morgan fingerprint density at radius 1 is 1.38 bits per heavy atom. The lowest BCUT2D eigenvalue weighted by atomic mass is 10.1. The van der Waals surface area contributed by atoms with E-state index in [2.05, 4.69) is 0 Å². The highest BCUT2D eigenvalue weighted by molar-refractivity contribution is 5.98. The van der Waals surface area contributed by atoms with Crippen molar-refractivity contribution in [2.45, 2.75) is 6.92 Å². The van der Waals surface area contributed by atoms with Gasteiger partial charge in [-0.2, -0.15) is 0 Å². The molecule has 0 unspecified atom stereocenters. The van der Waals surface area contributed by atoms with E-state index in [1.807, 2.05) is 0 Å². The van der Waals surface area contributed by atoms with Gasteiger partial charge in [-0.1, -0.05) is 6.07 Å². The molecule has 86 valence electrons. The molecule has 0 spiro atoms. The fraction of sp³-hybridized carbons (Fsp3) is 0.273. The van der Waals surface area contributed by atoms with E-state index in [9.17, 15) is 9.59 Å². The lowest BCUT2D eigenvalue weighted by Gasteiger charge is -2.17. The van der Waals surface area contributed by atoms with Crippen LogP contribution in [0.25, 0.3) is 0 Å². The first-order chi connectivity index (χ1) is 7.43. The number of nitrogen functional groups attached to an aromatic ring is 1. The molecule has 0 radical (unpaired) electrons. The Bertz CT molecular complexity index is 429. The number of amides is 2. The molecule has 1 aromatic carbocycles. The van der Waals surface area contributed by atoms with Gasteiger partial charge in [-0.25, -0.2) is 0 Å². The molecule has 0 saturated heterocycles. The molecule has 0 aromatic heterocycles. The fourth-order valence-electron chi connectivity index (χ4n) is 1.40. The SMILES string of the molecule is Cc1c(N)cccc1C(=O)N(C)CC(N)=O. The minimum absolute atomic E-state index is 0.104. The zero-order valence-corrected chi connectivity index (χ0v) is 9.36. The third kappa shape index (κ3) is 2.50. The standard InChI is InChI=1S/C11H15N3O2/c1-7-8(4-3-5-9(7)12)11(16)14(2)6-10(13)15/h3-5H,6,12H2,1-2H3,(H2,13,15). The number of nitrogens with two attached hydrogens (primary N) is 2. The van der Waals surface area contributed by atoms with Crippen molar-refractivity contribution in [3.63, 3.8) is 0 Å². The molecule has 0 fully saturated rings. The zero-order chi connectivity index (χ0) is 12.3. The van der Waals surface area contributed by atoms with Gasteiger partial charge in [0, 0.05) is 18.3 Å². The van der Waals surface area contributed by atoms with Gasteiger partial charge >= 0.3 is 0 Å². The van der Waals surface area contributed by atoms with Crippen molar-refractivity contribution in [1.29, 1.82) is 0 Å². The molecule has 16 heavy (non-hydrogen) atoms. The van der Waals surface area contributed by atoms with Gasteiger partial charge in [0.05, 0.1) is 6.54 Å². The van der Waals surface area contributed by atoms with E-state index in [4.69, 9.17) is 11.5 Å². The number of anilines is 1. The summed E-state index contributed by atoms with van der Waals surface area (Å²) in [4.78, 5) is 23.9. The van der Waals surface area contributed by atoms with Crippen LogP contribution in [0.1, 0.15) is 15.9 Å². The monoisotopic (exact) mass is 221 g/mol. The van der Waals surface area contributed by atoms with Gasteiger partial charge in [0.2, 0.25) is 5.91 Å². The molecule has 0 aliphatic rings. The first kappa shape index (κ1) is 12.0.